The van der Waals surface area contributed by atoms with Crippen LogP contribution in [0.4, 0.5) is 5.69 Å². The van der Waals surface area contributed by atoms with E-state index in [2.05, 4.69) is 5.32 Å². The van der Waals surface area contributed by atoms with Crippen LogP contribution >= 0.6 is 11.6 Å². The molecule has 3 aromatic rings. The van der Waals surface area contributed by atoms with Crippen LogP contribution in [0.15, 0.2) is 59.5 Å². The van der Waals surface area contributed by atoms with E-state index in [1.165, 1.54) is 48.7 Å². The van der Waals surface area contributed by atoms with Crippen LogP contribution in [0.2, 0.25) is 5.02 Å². The smallest absolute Gasteiger partial charge is 0.335 e. The number of benzene rings is 2. The molecule has 0 spiro atoms. The molecule has 218 valence electrons. The van der Waals surface area contributed by atoms with E-state index >= 15 is 0 Å². The number of rotatable bonds is 12. The van der Waals surface area contributed by atoms with Gasteiger partial charge in [0.2, 0.25) is 5.91 Å². The highest BCUT2D eigenvalue weighted by Crippen LogP contribution is 2.35. The van der Waals surface area contributed by atoms with E-state index in [1.807, 2.05) is 20.8 Å². The van der Waals surface area contributed by atoms with E-state index in [0.29, 0.717) is 16.3 Å². The molecule has 2 N–H and O–H groups in total. The van der Waals surface area contributed by atoms with Gasteiger partial charge in [-0.2, -0.15) is 0 Å². The topological polar surface area (TPSA) is 124 Å². The number of ketones is 1. The van der Waals surface area contributed by atoms with Crippen LogP contribution < -0.4 is 15.6 Å². The molecule has 9 nitrogen and oxygen atoms in total. The summed E-state index contributed by atoms with van der Waals surface area (Å²) in [7, 11) is 17.3. The third-order valence-corrected chi connectivity index (χ3v) is 6.42. The van der Waals surface area contributed by atoms with E-state index in [9.17, 15) is 24.3 Å². The van der Waals surface area contributed by atoms with Gasteiger partial charge >= 0.3 is 5.97 Å². The van der Waals surface area contributed by atoms with Gasteiger partial charge in [0.1, 0.15) is 35.3 Å². The van der Waals surface area contributed by atoms with Crippen LogP contribution in [0.25, 0.3) is 11.1 Å². The summed E-state index contributed by atoms with van der Waals surface area (Å²) in [6, 6.07) is 10.2. The second-order valence-corrected chi connectivity index (χ2v) is 11.3. The molecule has 0 aliphatic carbocycles. The average Bonchev–Trinajstić information content (AvgIpc) is 2.90. The number of carboxylic acid groups (broad SMARTS) is 1. The Labute approximate surface area is 259 Å². The van der Waals surface area contributed by atoms with Crippen LogP contribution in [0.1, 0.15) is 67.3 Å². The SMILES string of the molecule is [B]C([B])([B])Oc1cn([C@@H](CCOC(C)(C)C)C(=O)Nc2ccc(C(=O)O)cc2)c(=O)cc1-c1cc(Cl)ccc1C(=O)CC. The molecule has 1 atom stereocenters. The molecule has 13 heteroatoms. The summed E-state index contributed by atoms with van der Waals surface area (Å²) >= 11 is 6.25. The van der Waals surface area contributed by atoms with Gasteiger partial charge in [0.05, 0.1) is 17.4 Å². The fourth-order valence-corrected chi connectivity index (χ4v) is 4.39. The zero-order valence-corrected chi connectivity index (χ0v) is 25.1. The molecule has 0 aliphatic heterocycles. The lowest BCUT2D eigenvalue weighted by Crippen LogP contribution is -2.39. The molecule has 0 aliphatic rings. The Morgan fingerprint density at radius 2 is 1.67 bits per heavy atom. The van der Waals surface area contributed by atoms with Crippen molar-refractivity contribution in [1.82, 2.24) is 4.57 Å². The number of nitrogens with zero attached hydrogens (tertiary/aromatic N) is 1. The molecule has 0 bridgehead atoms. The van der Waals surface area contributed by atoms with Crippen molar-refractivity contribution < 1.29 is 29.0 Å². The van der Waals surface area contributed by atoms with E-state index in [0.717, 1.165) is 4.57 Å². The number of aromatic nitrogens is 1. The van der Waals surface area contributed by atoms with Crippen LogP contribution in [0.3, 0.4) is 0 Å². The first-order chi connectivity index (χ1) is 20.0. The normalized spacial score (nSPS) is 12.4. The maximum atomic E-state index is 13.7. The Morgan fingerprint density at radius 3 is 2.23 bits per heavy atom. The first kappa shape index (κ1) is 33.7. The Balaban J connectivity index is 2.16. The van der Waals surface area contributed by atoms with Crippen LogP contribution in [0, 0.1) is 0 Å². The van der Waals surface area contributed by atoms with Crippen molar-refractivity contribution in [2.75, 3.05) is 11.9 Å². The predicted octanol–water partition coefficient (Wildman–Crippen LogP) is 4.34. The van der Waals surface area contributed by atoms with Crippen LogP contribution in [-0.2, 0) is 9.53 Å². The molecule has 1 amide bonds. The highest BCUT2D eigenvalue weighted by atomic mass is 35.5. The van der Waals surface area contributed by atoms with Gasteiger partial charge in [0.25, 0.3) is 5.56 Å². The molecule has 0 saturated heterocycles. The number of pyridine rings is 1. The first-order valence-corrected chi connectivity index (χ1v) is 13.8. The number of amides is 1. The number of hydrogen-bond acceptors (Lipinski definition) is 6. The second-order valence-electron chi connectivity index (χ2n) is 10.9. The van der Waals surface area contributed by atoms with Crippen molar-refractivity contribution >= 4 is 58.5 Å². The lowest BCUT2D eigenvalue weighted by atomic mass is 9.52. The Bertz CT molecular complexity index is 1560. The Morgan fingerprint density at radius 1 is 1.02 bits per heavy atom. The maximum Gasteiger partial charge on any atom is 0.335 e. The number of ether oxygens (including phenoxy) is 2. The van der Waals surface area contributed by atoms with E-state index in [1.54, 1.807) is 13.0 Å². The summed E-state index contributed by atoms with van der Waals surface area (Å²) in [6.07, 6.45) is 1.49. The number of aromatic carboxylic acids is 1. The molecule has 1 aromatic heterocycles. The predicted molar refractivity (Wildman–Crippen MR) is 168 cm³/mol. The minimum atomic E-state index is -2.19. The Kier molecular flexibility index (Phi) is 10.7. The minimum absolute atomic E-state index is 0.0394. The van der Waals surface area contributed by atoms with Crippen LogP contribution in [0.5, 0.6) is 5.75 Å². The molecule has 0 unspecified atom stereocenters. The number of halogens is 1. The summed E-state index contributed by atoms with van der Waals surface area (Å²) in [5.41, 5.74) is -0.0839. The second kappa shape index (κ2) is 13.7. The van der Waals surface area contributed by atoms with E-state index in [4.69, 9.17) is 44.6 Å². The third kappa shape index (κ3) is 9.37. The average molecular weight is 598 g/mol. The van der Waals surface area contributed by atoms with Gasteiger partial charge in [-0.3, -0.25) is 19.0 Å². The zero-order valence-electron chi connectivity index (χ0n) is 24.3. The van der Waals surface area contributed by atoms with Crippen LogP contribution in [-0.4, -0.2) is 68.4 Å². The highest BCUT2D eigenvalue weighted by molar-refractivity contribution is 6.58. The summed E-state index contributed by atoms with van der Waals surface area (Å²) in [5.74, 6) is -2.01. The van der Waals surface area contributed by atoms with Crippen molar-refractivity contribution in [2.24, 2.45) is 0 Å². The number of carbonyl (C=O) groups is 3. The summed E-state index contributed by atoms with van der Waals surface area (Å²) in [5, 5.41) is 9.99. The summed E-state index contributed by atoms with van der Waals surface area (Å²) < 4.78 is 12.6. The monoisotopic (exact) mass is 598 g/mol. The summed E-state index contributed by atoms with van der Waals surface area (Å²) in [4.78, 5) is 51.2. The zero-order chi connectivity index (χ0) is 32.1. The molecule has 3 rings (SSSR count). The molecule has 1 heterocycles. The van der Waals surface area contributed by atoms with E-state index < -0.39 is 34.4 Å². The number of nitrogens with one attached hydrogen (secondary N) is 1. The van der Waals surface area contributed by atoms with Gasteiger partial charge in [-0.05, 0) is 74.1 Å². The maximum absolute atomic E-state index is 13.7. The van der Waals surface area contributed by atoms with Gasteiger partial charge in [-0.15, -0.1) is 0 Å². The number of carboxylic acids is 1. The molecule has 0 saturated carbocycles. The highest BCUT2D eigenvalue weighted by Gasteiger charge is 2.27. The third-order valence-electron chi connectivity index (χ3n) is 6.19. The van der Waals surface area contributed by atoms with Crippen molar-refractivity contribution in [3.63, 3.8) is 0 Å². The van der Waals surface area contributed by atoms with Gasteiger partial charge < -0.3 is 19.9 Å². The molecule has 2 aromatic carbocycles. The van der Waals surface area contributed by atoms with Crippen molar-refractivity contribution in [1.29, 1.82) is 0 Å². The molecular formula is C30H30B3ClN2O7. The number of carbonyl (C=O) groups excluding carboxylic acids is 2. The van der Waals surface area contributed by atoms with Gasteiger partial charge in [-0.1, -0.05) is 18.5 Å². The van der Waals surface area contributed by atoms with Crippen molar-refractivity contribution in [2.45, 2.75) is 57.5 Å². The number of hydrogen-bond donors (Lipinski definition) is 2. The lowest BCUT2D eigenvalue weighted by molar-refractivity contribution is -0.120. The Hall–Kier alpha value is -3.76. The molecular weight excluding hydrogens is 568 g/mol. The van der Waals surface area contributed by atoms with Gasteiger partial charge in [0.15, 0.2) is 5.78 Å². The standard InChI is InChI=1S/C30H30B3ClN2O7/c1-5-24(37)20-11-8-18(34)14-21(20)22-15-26(38)36(16-25(22)43-30(31,32)33)23(12-13-42-29(2,3)4)27(39)35-19-9-6-17(7-10-19)28(40)41/h6-11,14-16,23H,5,12-13H2,1-4H3,(H,35,39)(H,40,41)/t23-/m0/s1. The number of Topliss-reactive ketones (excluding diaryl/α,β-unsaturated/α-hetero) is 1. The molecule has 6 radical (unpaired) electrons. The quantitative estimate of drug-likeness (QED) is 0.235. The van der Waals surface area contributed by atoms with E-state index in [-0.39, 0.29) is 47.7 Å². The fourth-order valence-electron chi connectivity index (χ4n) is 4.22. The largest absolute Gasteiger partial charge is 0.514 e. The lowest BCUT2D eigenvalue weighted by Gasteiger charge is -2.28. The first-order valence-electron chi connectivity index (χ1n) is 13.4. The van der Waals surface area contributed by atoms with Crippen molar-refractivity contribution in [3.05, 3.63) is 81.2 Å². The van der Waals surface area contributed by atoms with Gasteiger partial charge in [-0.25, -0.2) is 4.79 Å². The summed E-state index contributed by atoms with van der Waals surface area (Å²) in [6.45, 7) is 7.34. The molecule has 0 fully saturated rings. The van der Waals surface area contributed by atoms with Crippen molar-refractivity contribution in [3.8, 4) is 16.9 Å². The fraction of sp³-hybridized carbons (Fsp3) is 0.333. The molecule has 43 heavy (non-hydrogen) atoms. The van der Waals surface area contributed by atoms with Gasteiger partial charge in [0, 0.05) is 47.4 Å². The number of anilines is 1. The minimum Gasteiger partial charge on any atom is -0.514 e.